The Labute approximate surface area is 134 Å². The van der Waals surface area contributed by atoms with Crippen LogP contribution in [-0.4, -0.2) is 34.0 Å². The number of rotatable bonds is 5. The van der Waals surface area contributed by atoms with Crippen molar-refractivity contribution in [2.75, 3.05) is 19.0 Å². The summed E-state index contributed by atoms with van der Waals surface area (Å²) >= 11 is 0. The minimum absolute atomic E-state index is 0.00604. The molecule has 8 heteroatoms. The van der Waals surface area contributed by atoms with Crippen molar-refractivity contribution in [3.63, 3.8) is 0 Å². The molecule has 0 aliphatic carbocycles. The maximum atomic E-state index is 11.0. The summed E-state index contributed by atoms with van der Waals surface area (Å²) in [6, 6.07) is 4.77. The predicted molar refractivity (Wildman–Crippen MR) is 86.2 cm³/mol. The molecule has 0 saturated heterocycles. The molecular weight excluding hydrogens is 298 g/mol. The average Bonchev–Trinajstić information content (AvgIpc) is 2.48. The largest absolute Gasteiger partial charge is 0.424 e. The first-order valence-electron chi connectivity index (χ1n) is 7.14. The molecule has 0 N–H and O–H groups in total. The van der Waals surface area contributed by atoms with Gasteiger partial charge in [-0.1, -0.05) is 19.9 Å². The van der Waals surface area contributed by atoms with Crippen molar-refractivity contribution < 1.29 is 9.66 Å². The zero-order valence-electron chi connectivity index (χ0n) is 13.8. The quantitative estimate of drug-likeness (QED) is 0.617. The number of nitro benzene ring substituents is 1. The first-order chi connectivity index (χ1) is 10.8. The molecular formula is C15H19N5O3. The van der Waals surface area contributed by atoms with Crippen molar-refractivity contribution >= 4 is 11.6 Å². The molecule has 2 aromatic rings. The van der Waals surface area contributed by atoms with Gasteiger partial charge in [-0.15, -0.1) is 0 Å². The van der Waals surface area contributed by atoms with Crippen LogP contribution in [0.4, 0.5) is 11.6 Å². The summed E-state index contributed by atoms with van der Waals surface area (Å²) < 4.78 is 5.69. The molecule has 122 valence electrons. The van der Waals surface area contributed by atoms with Crippen molar-refractivity contribution in [1.29, 1.82) is 0 Å². The molecule has 0 saturated carbocycles. The molecule has 1 aromatic carbocycles. The number of nitrogens with zero attached hydrogens (tertiary/aromatic N) is 5. The van der Waals surface area contributed by atoms with Gasteiger partial charge < -0.3 is 9.64 Å². The SMILES string of the molecule is Cc1c(Oc2nc(C(C)C)nc(N(C)C)n2)cccc1[N+](=O)[O-]. The lowest BCUT2D eigenvalue weighted by atomic mass is 10.2. The second kappa shape index (κ2) is 6.55. The van der Waals surface area contributed by atoms with Crippen molar-refractivity contribution in [1.82, 2.24) is 15.0 Å². The summed E-state index contributed by atoms with van der Waals surface area (Å²) in [5.74, 6) is 1.53. The molecule has 0 unspecified atom stereocenters. The van der Waals surface area contributed by atoms with E-state index in [1.165, 1.54) is 6.07 Å². The van der Waals surface area contributed by atoms with Crippen LogP contribution in [0, 0.1) is 17.0 Å². The number of ether oxygens (including phenoxy) is 1. The molecule has 0 radical (unpaired) electrons. The number of hydrogen-bond donors (Lipinski definition) is 0. The Hall–Kier alpha value is -2.77. The Morgan fingerprint density at radius 3 is 2.48 bits per heavy atom. The lowest BCUT2D eigenvalue weighted by Gasteiger charge is -2.14. The summed E-state index contributed by atoms with van der Waals surface area (Å²) in [5.41, 5.74) is 0.420. The standard InChI is InChI=1S/C15H19N5O3/c1-9(2)13-16-14(19(4)5)18-15(17-13)23-12-8-6-7-11(10(12)3)20(21)22/h6-9H,1-5H3. The Bertz CT molecular complexity index is 705. The first-order valence-corrected chi connectivity index (χ1v) is 7.14. The maximum Gasteiger partial charge on any atom is 0.327 e. The normalized spacial score (nSPS) is 10.7. The monoisotopic (exact) mass is 317 g/mol. The summed E-state index contributed by atoms with van der Waals surface area (Å²) in [7, 11) is 3.64. The fourth-order valence-electron chi connectivity index (χ4n) is 1.87. The molecule has 1 aromatic heterocycles. The van der Waals surface area contributed by atoms with E-state index in [-0.39, 0.29) is 17.6 Å². The molecule has 0 aliphatic rings. The topological polar surface area (TPSA) is 94.3 Å². The molecule has 0 fully saturated rings. The van der Waals surface area contributed by atoms with Gasteiger partial charge in [0.25, 0.3) is 5.69 Å². The van der Waals surface area contributed by atoms with Gasteiger partial charge in [-0.2, -0.15) is 15.0 Å². The Balaban J connectivity index is 2.44. The summed E-state index contributed by atoms with van der Waals surface area (Å²) in [5, 5.41) is 11.0. The van der Waals surface area contributed by atoms with E-state index in [4.69, 9.17) is 4.74 Å². The van der Waals surface area contributed by atoms with Gasteiger partial charge in [0.15, 0.2) is 0 Å². The molecule has 0 spiro atoms. The van der Waals surface area contributed by atoms with Crippen LogP contribution < -0.4 is 9.64 Å². The lowest BCUT2D eigenvalue weighted by molar-refractivity contribution is -0.385. The maximum absolute atomic E-state index is 11.0. The zero-order valence-corrected chi connectivity index (χ0v) is 13.8. The lowest BCUT2D eigenvalue weighted by Crippen LogP contribution is -2.15. The number of aromatic nitrogens is 3. The Kier molecular flexibility index (Phi) is 4.73. The summed E-state index contributed by atoms with van der Waals surface area (Å²) in [6.45, 7) is 5.57. The van der Waals surface area contributed by atoms with Gasteiger partial charge in [0.1, 0.15) is 11.6 Å². The highest BCUT2D eigenvalue weighted by Crippen LogP contribution is 2.30. The minimum atomic E-state index is -0.444. The van der Waals surface area contributed by atoms with E-state index in [1.54, 1.807) is 24.0 Å². The summed E-state index contributed by atoms with van der Waals surface area (Å²) in [4.78, 5) is 25.2. The van der Waals surface area contributed by atoms with Gasteiger partial charge in [0, 0.05) is 26.1 Å². The second-order valence-corrected chi connectivity index (χ2v) is 5.58. The van der Waals surface area contributed by atoms with Crippen LogP contribution in [0.5, 0.6) is 11.8 Å². The highest BCUT2D eigenvalue weighted by atomic mass is 16.6. The van der Waals surface area contributed by atoms with Crippen molar-refractivity contribution in [3.8, 4) is 11.8 Å². The second-order valence-electron chi connectivity index (χ2n) is 5.58. The predicted octanol–water partition coefficient (Wildman–Crippen LogP) is 3.07. The molecule has 0 amide bonds. The smallest absolute Gasteiger partial charge is 0.327 e. The van der Waals surface area contributed by atoms with Gasteiger partial charge >= 0.3 is 6.01 Å². The minimum Gasteiger partial charge on any atom is -0.424 e. The Morgan fingerprint density at radius 1 is 1.22 bits per heavy atom. The van der Waals surface area contributed by atoms with Crippen molar-refractivity contribution in [2.45, 2.75) is 26.7 Å². The van der Waals surface area contributed by atoms with Gasteiger partial charge in [-0.05, 0) is 13.0 Å². The van der Waals surface area contributed by atoms with E-state index < -0.39 is 4.92 Å². The van der Waals surface area contributed by atoms with Crippen LogP contribution in [0.15, 0.2) is 18.2 Å². The molecule has 0 aliphatic heterocycles. The van der Waals surface area contributed by atoms with E-state index in [1.807, 2.05) is 27.9 Å². The van der Waals surface area contributed by atoms with Crippen LogP contribution >= 0.6 is 0 Å². The van der Waals surface area contributed by atoms with Gasteiger partial charge in [-0.3, -0.25) is 10.1 Å². The number of nitro groups is 1. The zero-order chi connectivity index (χ0) is 17.1. The van der Waals surface area contributed by atoms with E-state index in [2.05, 4.69) is 15.0 Å². The van der Waals surface area contributed by atoms with Crippen LogP contribution in [0.2, 0.25) is 0 Å². The molecule has 1 heterocycles. The average molecular weight is 317 g/mol. The molecule has 8 nitrogen and oxygen atoms in total. The van der Waals surface area contributed by atoms with E-state index in [9.17, 15) is 10.1 Å². The van der Waals surface area contributed by atoms with E-state index in [0.29, 0.717) is 23.1 Å². The highest BCUT2D eigenvalue weighted by Gasteiger charge is 2.17. The molecule has 0 bridgehead atoms. The van der Waals surface area contributed by atoms with Gasteiger partial charge in [0.2, 0.25) is 5.95 Å². The van der Waals surface area contributed by atoms with Crippen molar-refractivity contribution in [3.05, 3.63) is 39.7 Å². The fraction of sp³-hybridized carbons (Fsp3) is 0.400. The van der Waals surface area contributed by atoms with E-state index >= 15 is 0 Å². The third-order valence-corrected chi connectivity index (χ3v) is 3.19. The van der Waals surface area contributed by atoms with Crippen LogP contribution in [-0.2, 0) is 0 Å². The van der Waals surface area contributed by atoms with Crippen LogP contribution in [0.3, 0.4) is 0 Å². The molecule has 0 atom stereocenters. The van der Waals surface area contributed by atoms with Gasteiger partial charge in [-0.25, -0.2) is 0 Å². The molecule has 23 heavy (non-hydrogen) atoms. The third kappa shape index (κ3) is 3.71. The van der Waals surface area contributed by atoms with Crippen LogP contribution in [0.1, 0.15) is 31.2 Å². The van der Waals surface area contributed by atoms with Crippen molar-refractivity contribution in [2.24, 2.45) is 0 Å². The number of benzene rings is 1. The fourth-order valence-corrected chi connectivity index (χ4v) is 1.87. The van der Waals surface area contributed by atoms with E-state index in [0.717, 1.165) is 0 Å². The summed E-state index contributed by atoms with van der Waals surface area (Å²) in [6.07, 6.45) is 0. The third-order valence-electron chi connectivity index (χ3n) is 3.19. The highest BCUT2D eigenvalue weighted by molar-refractivity contribution is 5.49. The van der Waals surface area contributed by atoms with Crippen LogP contribution in [0.25, 0.3) is 0 Å². The Morgan fingerprint density at radius 2 is 1.91 bits per heavy atom. The molecule has 2 rings (SSSR count). The first kappa shape index (κ1) is 16.6. The number of anilines is 1. The number of hydrogen-bond acceptors (Lipinski definition) is 7. The van der Waals surface area contributed by atoms with Gasteiger partial charge in [0.05, 0.1) is 10.5 Å².